The van der Waals surface area contributed by atoms with Gasteiger partial charge in [0.15, 0.2) is 0 Å². The Morgan fingerprint density at radius 3 is 2.80 bits per heavy atom. The highest BCUT2D eigenvalue weighted by Gasteiger charge is 2.26. The summed E-state index contributed by atoms with van der Waals surface area (Å²) in [6.45, 7) is 10.2. The van der Waals surface area contributed by atoms with Gasteiger partial charge in [0.05, 0.1) is 0 Å². The lowest BCUT2D eigenvalue weighted by Crippen LogP contribution is -2.50. The van der Waals surface area contributed by atoms with Crippen molar-refractivity contribution >= 4 is 11.8 Å². The molecule has 1 aliphatic rings. The van der Waals surface area contributed by atoms with Crippen LogP contribution in [0.2, 0.25) is 0 Å². The van der Waals surface area contributed by atoms with Gasteiger partial charge in [-0.1, -0.05) is 27.2 Å². The Balaban J connectivity index is 2.48. The van der Waals surface area contributed by atoms with Crippen molar-refractivity contribution in [2.75, 3.05) is 25.4 Å². The van der Waals surface area contributed by atoms with Crippen LogP contribution in [0, 0.1) is 5.92 Å². The first-order chi connectivity index (χ1) is 7.19. The van der Waals surface area contributed by atoms with E-state index < -0.39 is 0 Å². The van der Waals surface area contributed by atoms with E-state index in [9.17, 15) is 0 Å². The van der Waals surface area contributed by atoms with Gasteiger partial charge in [-0.2, -0.15) is 11.8 Å². The Labute approximate surface area is 99.0 Å². The zero-order chi connectivity index (χ0) is 11.3. The molecule has 90 valence electrons. The molecule has 1 heterocycles. The van der Waals surface area contributed by atoms with E-state index >= 15 is 0 Å². The van der Waals surface area contributed by atoms with Crippen molar-refractivity contribution < 1.29 is 0 Å². The SMILES string of the molecule is CCCC(C)C(CN)N1CCSC(C)C1. The molecule has 0 aromatic rings. The fraction of sp³-hybridized carbons (Fsp3) is 1.00. The standard InChI is InChI=1S/C12H26N2S/c1-4-5-10(2)12(8-13)14-6-7-15-11(3)9-14/h10-12H,4-9,13H2,1-3H3. The van der Waals surface area contributed by atoms with Gasteiger partial charge in [-0.15, -0.1) is 0 Å². The normalized spacial score (nSPS) is 27.6. The average molecular weight is 230 g/mol. The lowest BCUT2D eigenvalue weighted by Gasteiger charge is -2.39. The van der Waals surface area contributed by atoms with Gasteiger partial charge in [-0.25, -0.2) is 0 Å². The van der Waals surface area contributed by atoms with Crippen molar-refractivity contribution in [2.24, 2.45) is 11.7 Å². The summed E-state index contributed by atoms with van der Waals surface area (Å²) in [7, 11) is 0. The van der Waals surface area contributed by atoms with Crippen LogP contribution >= 0.6 is 11.8 Å². The molecule has 3 heteroatoms. The first kappa shape index (κ1) is 13.3. The molecular weight excluding hydrogens is 204 g/mol. The van der Waals surface area contributed by atoms with Crippen LogP contribution in [0.3, 0.4) is 0 Å². The summed E-state index contributed by atoms with van der Waals surface area (Å²) in [5.74, 6) is 2.02. The molecule has 1 aliphatic heterocycles. The third kappa shape index (κ3) is 3.97. The lowest BCUT2D eigenvalue weighted by atomic mass is 9.95. The Morgan fingerprint density at radius 1 is 1.53 bits per heavy atom. The van der Waals surface area contributed by atoms with Gasteiger partial charge in [0.25, 0.3) is 0 Å². The van der Waals surface area contributed by atoms with E-state index in [0.717, 1.165) is 17.7 Å². The van der Waals surface area contributed by atoms with Crippen molar-refractivity contribution in [3.05, 3.63) is 0 Å². The first-order valence-corrected chi connectivity index (χ1v) is 7.29. The molecule has 0 saturated carbocycles. The Bertz CT molecular complexity index is 175. The number of thioether (sulfide) groups is 1. The molecule has 0 radical (unpaired) electrons. The second-order valence-corrected chi connectivity index (χ2v) is 6.29. The quantitative estimate of drug-likeness (QED) is 0.785. The van der Waals surface area contributed by atoms with E-state index in [0.29, 0.717) is 6.04 Å². The van der Waals surface area contributed by atoms with E-state index in [1.165, 1.54) is 31.7 Å². The monoisotopic (exact) mass is 230 g/mol. The fourth-order valence-corrected chi connectivity index (χ4v) is 3.57. The highest BCUT2D eigenvalue weighted by atomic mass is 32.2. The molecule has 0 aliphatic carbocycles. The number of nitrogens with two attached hydrogens (primary N) is 1. The number of hydrogen-bond donors (Lipinski definition) is 1. The lowest BCUT2D eigenvalue weighted by molar-refractivity contribution is 0.153. The van der Waals surface area contributed by atoms with Crippen LogP contribution in [-0.2, 0) is 0 Å². The predicted molar refractivity (Wildman–Crippen MR) is 70.4 cm³/mol. The minimum Gasteiger partial charge on any atom is -0.329 e. The van der Waals surface area contributed by atoms with E-state index in [2.05, 4.69) is 37.4 Å². The summed E-state index contributed by atoms with van der Waals surface area (Å²) in [5, 5.41) is 0.779. The van der Waals surface area contributed by atoms with E-state index in [1.807, 2.05) is 0 Å². The molecule has 0 amide bonds. The third-order valence-corrected chi connectivity index (χ3v) is 4.52. The molecule has 3 unspecified atom stereocenters. The maximum Gasteiger partial charge on any atom is 0.0244 e. The summed E-state index contributed by atoms with van der Waals surface area (Å²) in [4.78, 5) is 2.61. The molecule has 0 spiro atoms. The van der Waals surface area contributed by atoms with Crippen LogP contribution in [0.5, 0.6) is 0 Å². The predicted octanol–water partition coefficient (Wildman–Crippen LogP) is 2.19. The highest BCUT2D eigenvalue weighted by Crippen LogP contribution is 2.23. The van der Waals surface area contributed by atoms with Gasteiger partial charge in [0.1, 0.15) is 0 Å². The summed E-state index contributed by atoms with van der Waals surface area (Å²) < 4.78 is 0. The van der Waals surface area contributed by atoms with Gasteiger partial charge in [0.2, 0.25) is 0 Å². The van der Waals surface area contributed by atoms with Crippen LogP contribution in [0.15, 0.2) is 0 Å². The number of hydrogen-bond acceptors (Lipinski definition) is 3. The summed E-state index contributed by atoms with van der Waals surface area (Å²) in [6, 6.07) is 0.605. The van der Waals surface area contributed by atoms with Gasteiger partial charge < -0.3 is 5.73 Å². The maximum atomic E-state index is 5.93. The molecule has 1 fully saturated rings. The molecule has 0 aromatic carbocycles. The van der Waals surface area contributed by atoms with Gasteiger partial charge in [-0.05, 0) is 12.3 Å². The fourth-order valence-electron chi connectivity index (χ4n) is 2.54. The zero-order valence-electron chi connectivity index (χ0n) is 10.4. The van der Waals surface area contributed by atoms with Crippen molar-refractivity contribution in [3.63, 3.8) is 0 Å². The second-order valence-electron chi connectivity index (χ2n) is 4.75. The molecule has 0 aromatic heterocycles. The molecule has 2 nitrogen and oxygen atoms in total. The minimum absolute atomic E-state index is 0.605. The summed E-state index contributed by atoms with van der Waals surface area (Å²) in [6.07, 6.45) is 2.58. The molecule has 2 N–H and O–H groups in total. The van der Waals surface area contributed by atoms with Gasteiger partial charge >= 0.3 is 0 Å². The molecule has 1 rings (SSSR count). The molecule has 0 bridgehead atoms. The van der Waals surface area contributed by atoms with Crippen LogP contribution in [0.4, 0.5) is 0 Å². The van der Waals surface area contributed by atoms with E-state index in [1.54, 1.807) is 0 Å². The van der Waals surface area contributed by atoms with Crippen LogP contribution in [0.25, 0.3) is 0 Å². The number of rotatable bonds is 5. The summed E-state index contributed by atoms with van der Waals surface area (Å²) in [5.41, 5.74) is 5.93. The smallest absolute Gasteiger partial charge is 0.0244 e. The van der Waals surface area contributed by atoms with Gasteiger partial charge in [-0.3, -0.25) is 4.90 Å². The van der Waals surface area contributed by atoms with Crippen molar-refractivity contribution in [1.29, 1.82) is 0 Å². The third-order valence-electron chi connectivity index (χ3n) is 3.38. The topological polar surface area (TPSA) is 29.3 Å². The highest BCUT2D eigenvalue weighted by molar-refractivity contribution is 7.99. The van der Waals surface area contributed by atoms with Crippen LogP contribution in [0.1, 0.15) is 33.6 Å². The molecular formula is C12H26N2S. The number of nitrogens with zero attached hydrogens (tertiary/aromatic N) is 1. The first-order valence-electron chi connectivity index (χ1n) is 6.24. The average Bonchev–Trinajstić information content (AvgIpc) is 2.19. The van der Waals surface area contributed by atoms with Crippen LogP contribution < -0.4 is 5.73 Å². The summed E-state index contributed by atoms with van der Waals surface area (Å²) >= 11 is 2.09. The Hall–Kier alpha value is 0.270. The second kappa shape index (κ2) is 6.77. The van der Waals surface area contributed by atoms with Crippen molar-refractivity contribution in [1.82, 2.24) is 4.90 Å². The Morgan fingerprint density at radius 2 is 2.27 bits per heavy atom. The van der Waals surface area contributed by atoms with Crippen molar-refractivity contribution in [3.8, 4) is 0 Å². The van der Waals surface area contributed by atoms with Crippen molar-refractivity contribution in [2.45, 2.75) is 44.9 Å². The van der Waals surface area contributed by atoms with E-state index in [-0.39, 0.29) is 0 Å². The maximum absolute atomic E-state index is 5.93. The van der Waals surface area contributed by atoms with E-state index in [4.69, 9.17) is 5.73 Å². The Kier molecular flexibility index (Phi) is 6.02. The molecule has 3 atom stereocenters. The van der Waals surface area contributed by atoms with Gasteiger partial charge in [0, 0.05) is 36.7 Å². The largest absolute Gasteiger partial charge is 0.329 e. The zero-order valence-corrected chi connectivity index (χ0v) is 11.2. The molecule has 15 heavy (non-hydrogen) atoms. The van der Waals surface area contributed by atoms with Crippen LogP contribution in [-0.4, -0.2) is 41.6 Å². The minimum atomic E-state index is 0.605. The molecule has 1 saturated heterocycles.